The zero-order valence-electron chi connectivity index (χ0n) is 18.8. The van der Waals surface area contributed by atoms with Crippen molar-refractivity contribution in [2.75, 3.05) is 0 Å². The van der Waals surface area contributed by atoms with Crippen LogP contribution in [0.2, 0.25) is 0 Å². The summed E-state index contributed by atoms with van der Waals surface area (Å²) in [6.07, 6.45) is 14.2. The summed E-state index contributed by atoms with van der Waals surface area (Å²) < 4.78 is 24.1. The smallest absolute Gasteiger partial charge is 0.222 e. The highest BCUT2D eigenvalue weighted by Gasteiger charge is 2.26. The lowest BCUT2D eigenvalue weighted by atomic mass is 10.0. The average Bonchev–Trinajstić information content (AvgIpc) is 2.75. The fraction of sp³-hybridized carbons (Fsp3) is 0.538. The van der Waals surface area contributed by atoms with Gasteiger partial charge in [-0.2, -0.15) is 0 Å². The van der Waals surface area contributed by atoms with Gasteiger partial charge in [0.25, 0.3) is 0 Å². The molecule has 2 aromatic rings. The van der Waals surface area contributed by atoms with E-state index in [1.165, 1.54) is 51.4 Å². The average molecular weight is 430 g/mol. The normalized spacial score (nSPS) is 10.7. The van der Waals surface area contributed by atoms with Crippen LogP contribution in [0.4, 0.5) is 0 Å². The summed E-state index contributed by atoms with van der Waals surface area (Å²) in [6.45, 7) is 4.45. The second-order valence-corrected chi connectivity index (χ2v) is 8.76. The largest absolute Gasteiger partial charge is 0.805 e. The van der Waals surface area contributed by atoms with Crippen LogP contribution in [0.25, 0.3) is 0 Å². The van der Waals surface area contributed by atoms with Gasteiger partial charge in [0.2, 0.25) is 0 Å². The van der Waals surface area contributed by atoms with Crippen LogP contribution in [0.3, 0.4) is 0 Å². The van der Waals surface area contributed by atoms with Gasteiger partial charge < -0.3 is 0 Å². The molecule has 0 spiro atoms. The van der Waals surface area contributed by atoms with E-state index >= 15 is 0 Å². The number of hydrogen-bond donors (Lipinski definition) is 0. The van der Waals surface area contributed by atoms with Crippen LogP contribution >= 0.6 is 8.25 Å². The fourth-order valence-corrected chi connectivity index (χ4v) is 4.33. The second kappa shape index (κ2) is 15.0. The highest BCUT2D eigenvalue weighted by atomic mass is 31.1. The zero-order valence-corrected chi connectivity index (χ0v) is 19.7. The third-order valence-corrected chi connectivity index (χ3v) is 6.08. The Kier molecular flexibility index (Phi) is 12.2. The van der Waals surface area contributed by atoms with Crippen molar-refractivity contribution in [3.8, 4) is 11.5 Å². The first kappa shape index (κ1) is 24.4. The van der Waals surface area contributed by atoms with E-state index in [0.29, 0.717) is 11.5 Å². The van der Waals surface area contributed by atoms with Crippen LogP contribution in [0.15, 0.2) is 48.5 Å². The number of para-hydroxylation sites is 2. The molecule has 0 aliphatic heterocycles. The summed E-state index contributed by atoms with van der Waals surface area (Å²) >= 11 is 0. The lowest BCUT2D eigenvalue weighted by Crippen LogP contribution is -1.96. The van der Waals surface area contributed by atoms with Gasteiger partial charge in [-0.3, -0.25) is 0 Å². The molecule has 30 heavy (non-hydrogen) atoms. The van der Waals surface area contributed by atoms with Crippen molar-refractivity contribution in [3.63, 3.8) is 0 Å². The third kappa shape index (κ3) is 9.30. The molecule has 0 unspecified atom stereocenters. The van der Waals surface area contributed by atoms with E-state index in [4.69, 9.17) is 9.05 Å². The minimum absolute atomic E-state index is 0.672. The van der Waals surface area contributed by atoms with Crippen LogP contribution in [-0.4, -0.2) is 0 Å². The minimum Gasteiger partial charge on any atom is -0.222 e. The monoisotopic (exact) mass is 429 g/mol. The summed E-state index contributed by atoms with van der Waals surface area (Å²) in [5.41, 5.74) is 2.20. The van der Waals surface area contributed by atoms with E-state index in [1.807, 2.05) is 36.4 Å². The molecule has 0 bridgehead atoms. The summed E-state index contributed by atoms with van der Waals surface area (Å²) in [5.74, 6) is 1.34. The van der Waals surface area contributed by atoms with E-state index in [-0.39, 0.29) is 0 Å². The molecule has 0 amide bonds. The van der Waals surface area contributed by atoms with Crippen molar-refractivity contribution < 1.29 is 13.6 Å². The predicted octanol–water partition coefficient (Wildman–Crippen LogP) is 8.83. The molecule has 0 heterocycles. The van der Waals surface area contributed by atoms with Crippen molar-refractivity contribution in [2.24, 2.45) is 0 Å². The first-order chi connectivity index (χ1) is 14.7. The molecular weight excluding hydrogens is 391 g/mol. The third-order valence-electron chi connectivity index (χ3n) is 5.39. The molecule has 0 aliphatic rings. The van der Waals surface area contributed by atoms with Crippen LogP contribution in [0, 0.1) is 0 Å². The highest BCUT2D eigenvalue weighted by Crippen LogP contribution is 2.35. The lowest BCUT2D eigenvalue weighted by molar-refractivity contribution is 0.411. The van der Waals surface area contributed by atoms with Gasteiger partial charge in [0.1, 0.15) is 0 Å². The highest BCUT2D eigenvalue weighted by molar-refractivity contribution is 7.34. The van der Waals surface area contributed by atoms with Crippen molar-refractivity contribution in [1.82, 2.24) is 0 Å². The van der Waals surface area contributed by atoms with Crippen molar-refractivity contribution >= 4 is 8.25 Å². The van der Waals surface area contributed by atoms with E-state index < -0.39 is 8.25 Å². The van der Waals surface area contributed by atoms with Crippen molar-refractivity contribution in [1.29, 1.82) is 0 Å². The first-order valence-electron chi connectivity index (χ1n) is 11.7. The second-order valence-electron chi connectivity index (χ2n) is 7.95. The van der Waals surface area contributed by atoms with Gasteiger partial charge in [0, 0.05) is 15.7 Å². The SMILES string of the molecule is CCCCCCCc1ccccc1O[P+](=O)Oc1ccccc1CCCCCCC. The van der Waals surface area contributed by atoms with Gasteiger partial charge in [-0.1, -0.05) is 102 Å². The van der Waals surface area contributed by atoms with Crippen LogP contribution < -0.4 is 9.05 Å². The number of benzene rings is 2. The Labute approximate surface area is 184 Å². The molecule has 0 atom stereocenters. The molecular formula is C26H38O3P+. The van der Waals surface area contributed by atoms with Gasteiger partial charge in [-0.05, 0) is 37.8 Å². The predicted molar refractivity (Wildman–Crippen MR) is 127 cm³/mol. The summed E-state index contributed by atoms with van der Waals surface area (Å²) in [6, 6.07) is 15.7. The fourth-order valence-electron chi connectivity index (χ4n) is 3.62. The lowest BCUT2D eigenvalue weighted by Gasteiger charge is -2.06. The standard InChI is InChI=1S/C26H38O3P/c1-3-5-7-9-11-17-23-19-13-15-21-25(23)28-30(27)29-26-22-16-14-20-24(26)18-12-10-8-6-4-2/h13-16,19-22H,3-12,17-18H2,1-2H3/q+1. The molecule has 0 aromatic heterocycles. The Hall–Kier alpha value is -1.86. The van der Waals surface area contributed by atoms with Crippen LogP contribution in [-0.2, 0) is 17.4 Å². The Morgan fingerprint density at radius 2 is 1.00 bits per heavy atom. The summed E-state index contributed by atoms with van der Waals surface area (Å²) in [4.78, 5) is 0. The quantitative estimate of drug-likeness (QED) is 0.197. The molecule has 0 saturated heterocycles. The Morgan fingerprint density at radius 3 is 1.43 bits per heavy atom. The molecule has 0 aliphatic carbocycles. The maximum atomic E-state index is 12.6. The zero-order chi connectivity index (χ0) is 21.4. The van der Waals surface area contributed by atoms with E-state index in [0.717, 1.165) is 36.8 Å². The van der Waals surface area contributed by atoms with E-state index in [1.54, 1.807) is 0 Å². The summed E-state index contributed by atoms with van der Waals surface area (Å²) in [5, 5.41) is 0. The molecule has 0 fully saturated rings. The molecule has 0 saturated carbocycles. The van der Waals surface area contributed by atoms with Gasteiger partial charge in [-0.25, -0.2) is 9.05 Å². The van der Waals surface area contributed by atoms with Gasteiger partial charge in [0.05, 0.1) is 0 Å². The maximum absolute atomic E-state index is 12.6. The first-order valence-corrected chi connectivity index (χ1v) is 12.8. The molecule has 164 valence electrons. The Balaban J connectivity index is 1.88. The van der Waals surface area contributed by atoms with Gasteiger partial charge >= 0.3 is 8.25 Å². The molecule has 4 heteroatoms. The van der Waals surface area contributed by atoms with Crippen LogP contribution in [0.5, 0.6) is 11.5 Å². The Morgan fingerprint density at radius 1 is 0.600 bits per heavy atom. The summed E-state index contributed by atoms with van der Waals surface area (Å²) in [7, 11) is -2.26. The molecule has 3 nitrogen and oxygen atoms in total. The number of hydrogen-bond acceptors (Lipinski definition) is 3. The topological polar surface area (TPSA) is 35.5 Å². The van der Waals surface area contributed by atoms with Gasteiger partial charge in [0.15, 0.2) is 11.5 Å². The maximum Gasteiger partial charge on any atom is 0.805 e. The molecule has 0 N–H and O–H groups in total. The van der Waals surface area contributed by atoms with E-state index in [2.05, 4.69) is 26.0 Å². The molecule has 2 aromatic carbocycles. The van der Waals surface area contributed by atoms with Gasteiger partial charge in [-0.15, -0.1) is 0 Å². The molecule has 0 radical (unpaired) electrons. The Bertz CT molecular complexity index is 683. The number of rotatable bonds is 16. The van der Waals surface area contributed by atoms with E-state index in [9.17, 15) is 4.57 Å². The van der Waals surface area contributed by atoms with Crippen molar-refractivity contribution in [3.05, 3.63) is 59.7 Å². The number of unbranched alkanes of at least 4 members (excludes halogenated alkanes) is 8. The molecule has 2 rings (SSSR count). The van der Waals surface area contributed by atoms with Crippen LogP contribution in [0.1, 0.15) is 89.2 Å². The number of aryl methyl sites for hydroxylation is 2. The van der Waals surface area contributed by atoms with Crippen molar-refractivity contribution in [2.45, 2.75) is 90.9 Å². The minimum atomic E-state index is -2.26.